The van der Waals surface area contributed by atoms with E-state index in [4.69, 9.17) is 9.47 Å². The van der Waals surface area contributed by atoms with Crippen LogP contribution < -0.4 is 24.8 Å². The Balaban J connectivity index is 1.37. The van der Waals surface area contributed by atoms with Crippen LogP contribution in [0.2, 0.25) is 0 Å². The molecule has 9 heteroatoms. The van der Waals surface area contributed by atoms with Gasteiger partial charge >= 0.3 is 5.97 Å². The lowest BCUT2D eigenvalue weighted by atomic mass is 10.1. The SMILES string of the molecule is COc1cc(CC(=O)N(NCc2ccc(OCc3ccccc3)cc2)c2ccccc2N2CCCCC2)c(Br)cc1C(=O)O. The molecule has 0 spiro atoms. The molecule has 4 aromatic rings. The van der Waals surface area contributed by atoms with E-state index in [2.05, 4.69) is 32.3 Å². The number of hydrazine groups is 1. The van der Waals surface area contributed by atoms with Crippen LogP contribution >= 0.6 is 15.9 Å². The molecule has 1 heterocycles. The zero-order valence-electron chi connectivity index (χ0n) is 24.7. The monoisotopic (exact) mass is 657 g/mol. The number of carbonyl (C=O) groups excluding carboxylic acids is 1. The molecule has 1 aliphatic heterocycles. The maximum absolute atomic E-state index is 14.1. The first kappa shape index (κ1) is 31.1. The number of hydrogen-bond acceptors (Lipinski definition) is 6. The summed E-state index contributed by atoms with van der Waals surface area (Å²) in [7, 11) is 1.42. The van der Waals surface area contributed by atoms with Crippen LogP contribution in [-0.4, -0.2) is 37.2 Å². The van der Waals surface area contributed by atoms with E-state index in [1.807, 2.05) is 72.8 Å². The molecule has 0 atom stereocenters. The summed E-state index contributed by atoms with van der Waals surface area (Å²) in [5.74, 6) is -0.324. The van der Waals surface area contributed by atoms with Crippen LogP contribution in [0.25, 0.3) is 0 Å². The summed E-state index contributed by atoms with van der Waals surface area (Å²) >= 11 is 3.47. The van der Waals surface area contributed by atoms with E-state index in [0.717, 1.165) is 54.2 Å². The lowest BCUT2D eigenvalue weighted by Gasteiger charge is -2.34. The number of nitrogens with one attached hydrogen (secondary N) is 1. The van der Waals surface area contributed by atoms with Crippen molar-refractivity contribution < 1.29 is 24.2 Å². The lowest BCUT2D eigenvalue weighted by Crippen LogP contribution is -2.45. The van der Waals surface area contributed by atoms with Crippen molar-refractivity contribution in [3.63, 3.8) is 0 Å². The van der Waals surface area contributed by atoms with Gasteiger partial charge in [-0.1, -0.05) is 70.5 Å². The van der Waals surface area contributed by atoms with Crippen molar-refractivity contribution in [2.45, 2.75) is 38.8 Å². The first-order valence-electron chi connectivity index (χ1n) is 14.7. The lowest BCUT2D eigenvalue weighted by molar-refractivity contribution is -0.118. The number of nitrogens with zero attached hydrogens (tertiary/aromatic N) is 2. The Bertz CT molecular complexity index is 1570. The average molecular weight is 659 g/mol. The maximum Gasteiger partial charge on any atom is 0.339 e. The second-order valence-electron chi connectivity index (χ2n) is 10.6. The molecular formula is C35H36BrN3O5. The highest BCUT2D eigenvalue weighted by Crippen LogP contribution is 2.33. The number of anilines is 2. The molecule has 44 heavy (non-hydrogen) atoms. The number of methoxy groups -OCH3 is 1. The van der Waals surface area contributed by atoms with Crippen molar-refractivity contribution in [1.29, 1.82) is 0 Å². The van der Waals surface area contributed by atoms with Crippen LogP contribution in [0.5, 0.6) is 11.5 Å². The zero-order valence-corrected chi connectivity index (χ0v) is 26.3. The number of amides is 1. The van der Waals surface area contributed by atoms with Crippen molar-refractivity contribution >= 4 is 39.2 Å². The minimum absolute atomic E-state index is 0.0183. The number of carboxylic acid groups (broad SMARTS) is 1. The van der Waals surface area contributed by atoms with Gasteiger partial charge in [0, 0.05) is 24.1 Å². The van der Waals surface area contributed by atoms with Gasteiger partial charge in [0.15, 0.2) is 0 Å². The van der Waals surface area contributed by atoms with E-state index in [9.17, 15) is 14.7 Å². The van der Waals surface area contributed by atoms with Gasteiger partial charge in [0.05, 0.1) is 24.9 Å². The summed E-state index contributed by atoms with van der Waals surface area (Å²) in [5, 5.41) is 11.2. The molecule has 1 amide bonds. The van der Waals surface area contributed by atoms with Crippen LogP contribution in [-0.2, 0) is 24.4 Å². The van der Waals surface area contributed by atoms with Gasteiger partial charge < -0.3 is 19.5 Å². The first-order chi connectivity index (χ1) is 21.4. The van der Waals surface area contributed by atoms with Crippen LogP contribution in [0.15, 0.2) is 95.5 Å². The molecule has 0 radical (unpaired) electrons. The number of para-hydroxylation sites is 2. The van der Waals surface area contributed by atoms with Gasteiger partial charge in [0.2, 0.25) is 5.91 Å². The Morgan fingerprint density at radius 2 is 1.61 bits per heavy atom. The number of aromatic carboxylic acids is 1. The van der Waals surface area contributed by atoms with E-state index in [-0.39, 0.29) is 23.6 Å². The highest BCUT2D eigenvalue weighted by atomic mass is 79.9. The molecule has 228 valence electrons. The Kier molecular flexibility index (Phi) is 10.5. The molecule has 0 bridgehead atoms. The van der Waals surface area contributed by atoms with Crippen molar-refractivity contribution in [1.82, 2.24) is 5.43 Å². The van der Waals surface area contributed by atoms with Crippen LogP contribution in [0.3, 0.4) is 0 Å². The van der Waals surface area contributed by atoms with E-state index < -0.39 is 5.97 Å². The molecule has 8 nitrogen and oxygen atoms in total. The van der Waals surface area contributed by atoms with Crippen LogP contribution in [0.1, 0.15) is 46.3 Å². The Morgan fingerprint density at radius 1 is 0.909 bits per heavy atom. The van der Waals surface area contributed by atoms with Gasteiger partial charge in [-0.25, -0.2) is 15.2 Å². The Morgan fingerprint density at radius 3 is 2.32 bits per heavy atom. The third kappa shape index (κ3) is 7.78. The number of ether oxygens (including phenoxy) is 2. The van der Waals surface area contributed by atoms with Gasteiger partial charge in [-0.05, 0) is 72.4 Å². The fourth-order valence-electron chi connectivity index (χ4n) is 5.29. The summed E-state index contributed by atoms with van der Waals surface area (Å²) in [6.07, 6.45) is 3.44. The highest BCUT2D eigenvalue weighted by Gasteiger charge is 2.24. The number of piperidine rings is 1. The molecule has 0 aliphatic carbocycles. The molecule has 0 aromatic heterocycles. The minimum Gasteiger partial charge on any atom is -0.496 e. The topological polar surface area (TPSA) is 91.3 Å². The molecule has 5 rings (SSSR count). The van der Waals surface area contributed by atoms with Gasteiger partial charge in [0.1, 0.15) is 23.7 Å². The number of carboxylic acids is 1. The average Bonchev–Trinajstić information content (AvgIpc) is 3.06. The van der Waals surface area contributed by atoms with Crippen LogP contribution in [0, 0.1) is 0 Å². The molecule has 0 saturated carbocycles. The number of carbonyl (C=O) groups is 2. The van der Waals surface area contributed by atoms with Gasteiger partial charge in [-0.3, -0.25) is 4.79 Å². The summed E-state index contributed by atoms with van der Waals surface area (Å²) in [4.78, 5) is 28.1. The molecule has 2 N–H and O–H groups in total. The van der Waals surface area contributed by atoms with Gasteiger partial charge in [-0.15, -0.1) is 0 Å². The highest BCUT2D eigenvalue weighted by molar-refractivity contribution is 9.10. The van der Waals surface area contributed by atoms with Crippen molar-refractivity contribution in [3.8, 4) is 11.5 Å². The van der Waals surface area contributed by atoms with Gasteiger partial charge in [-0.2, -0.15) is 0 Å². The standard InChI is InChI=1S/C35H36BrN3O5/c1-43-33-20-27(30(36)22-29(33)35(41)42)21-34(40)39(32-13-7-6-12-31(32)38-18-8-3-9-19-38)37-23-25-14-16-28(17-15-25)44-24-26-10-4-2-5-11-26/h2,4-7,10-17,20,22,37H,3,8-9,18-19,21,23-24H2,1H3,(H,41,42). The van der Waals surface area contributed by atoms with E-state index >= 15 is 0 Å². The molecule has 0 unspecified atom stereocenters. The first-order valence-corrected chi connectivity index (χ1v) is 15.5. The normalized spacial score (nSPS) is 12.9. The predicted molar refractivity (Wildman–Crippen MR) is 175 cm³/mol. The Hall–Kier alpha value is -4.34. The Labute approximate surface area is 266 Å². The van der Waals surface area contributed by atoms with E-state index in [1.54, 1.807) is 11.1 Å². The number of benzene rings is 4. The van der Waals surface area contributed by atoms with Crippen LogP contribution in [0.4, 0.5) is 11.4 Å². The molecule has 1 fully saturated rings. The second kappa shape index (κ2) is 14.9. The van der Waals surface area contributed by atoms with E-state index in [1.165, 1.54) is 19.6 Å². The quantitative estimate of drug-likeness (QED) is 0.158. The summed E-state index contributed by atoms with van der Waals surface area (Å²) in [5.41, 5.74) is 7.88. The fourth-order valence-corrected chi connectivity index (χ4v) is 5.77. The van der Waals surface area contributed by atoms with Crippen molar-refractivity contribution in [2.75, 3.05) is 30.1 Å². The smallest absolute Gasteiger partial charge is 0.339 e. The number of halogens is 1. The maximum atomic E-state index is 14.1. The van der Waals surface area contributed by atoms with E-state index in [0.29, 0.717) is 23.2 Å². The molecule has 1 saturated heterocycles. The summed E-state index contributed by atoms with van der Waals surface area (Å²) in [6, 6.07) is 28.9. The fraction of sp³-hybridized carbons (Fsp3) is 0.257. The second-order valence-corrected chi connectivity index (χ2v) is 11.5. The molecule has 1 aliphatic rings. The molecule has 4 aromatic carbocycles. The third-order valence-electron chi connectivity index (χ3n) is 7.62. The van der Waals surface area contributed by atoms with Crippen molar-refractivity contribution in [2.24, 2.45) is 0 Å². The summed E-state index contributed by atoms with van der Waals surface area (Å²) in [6.45, 7) is 2.76. The largest absolute Gasteiger partial charge is 0.496 e. The summed E-state index contributed by atoms with van der Waals surface area (Å²) < 4.78 is 11.8. The predicted octanol–water partition coefficient (Wildman–Crippen LogP) is 7.01. The minimum atomic E-state index is -1.10. The van der Waals surface area contributed by atoms with Gasteiger partial charge in [0.25, 0.3) is 0 Å². The number of hydrogen-bond donors (Lipinski definition) is 2. The number of rotatable bonds is 12. The van der Waals surface area contributed by atoms with Crippen molar-refractivity contribution in [3.05, 3.63) is 118 Å². The third-order valence-corrected chi connectivity index (χ3v) is 8.36. The zero-order chi connectivity index (χ0) is 30.9. The molecular weight excluding hydrogens is 622 g/mol.